The quantitative estimate of drug-likeness (QED) is 0.320. The normalized spacial score (nSPS) is 11.8. The van der Waals surface area contributed by atoms with Crippen LogP contribution in [0, 0.1) is 0 Å². The minimum Gasteiger partial charge on any atom is -0.457 e. The van der Waals surface area contributed by atoms with E-state index < -0.39 is 12.8 Å². The summed E-state index contributed by atoms with van der Waals surface area (Å²) in [4.78, 5) is 11.5. The smallest absolute Gasteiger partial charge is 0.427 e. The van der Waals surface area contributed by atoms with E-state index in [-0.39, 0.29) is 11.2 Å². The number of carbonyl (C=O) groups excluding carboxylic acids is 1. The fourth-order valence-corrected chi connectivity index (χ4v) is 3.12. The Morgan fingerprint density at radius 3 is 2.03 bits per heavy atom. The predicted octanol–water partition coefficient (Wildman–Crippen LogP) is 7.59. The molecule has 3 rings (SSSR count). The second-order valence-corrected chi connectivity index (χ2v) is 8.13. The lowest BCUT2D eigenvalue weighted by Crippen LogP contribution is -2.26. The van der Waals surface area contributed by atoms with Crippen LogP contribution in [0.15, 0.2) is 66.7 Å². The Balaban J connectivity index is 1.84. The largest absolute Gasteiger partial charge is 0.457 e. The first-order valence-electron chi connectivity index (χ1n) is 10.3. The van der Waals surface area contributed by atoms with Crippen molar-refractivity contribution in [2.45, 2.75) is 38.7 Å². The zero-order valence-corrected chi connectivity index (χ0v) is 18.2. The lowest BCUT2D eigenvalue weighted by molar-refractivity contribution is -0.186. The molecule has 6 heteroatoms. The minimum atomic E-state index is -3.87. The topological polar surface area (TPSA) is 35.5 Å². The molecule has 0 aliphatic rings. The number of alkyl halides is 3. The van der Waals surface area contributed by atoms with Crippen molar-refractivity contribution in [2.75, 3.05) is 6.67 Å². The van der Waals surface area contributed by atoms with Gasteiger partial charge in [0.05, 0.1) is 5.56 Å². The minimum absolute atomic E-state index is 0.0520. The lowest BCUT2D eigenvalue weighted by Gasteiger charge is -2.23. The van der Waals surface area contributed by atoms with Crippen LogP contribution in [-0.2, 0) is 5.41 Å². The molecule has 0 fully saturated rings. The maximum absolute atomic E-state index is 13.1. The Labute approximate surface area is 185 Å². The molecule has 0 aliphatic heterocycles. The van der Waals surface area contributed by atoms with E-state index in [4.69, 9.17) is 4.74 Å². The van der Waals surface area contributed by atoms with Gasteiger partial charge in [-0.3, -0.25) is 4.79 Å². The van der Waals surface area contributed by atoms with Gasteiger partial charge in [0.2, 0.25) is 0 Å². The van der Waals surface area contributed by atoms with Gasteiger partial charge in [-0.15, -0.1) is 0 Å². The van der Waals surface area contributed by atoms with E-state index in [0.29, 0.717) is 28.9 Å². The third-order valence-corrected chi connectivity index (χ3v) is 5.50. The molecule has 0 aromatic heterocycles. The standard InChI is InChI=1S/C26H25F3O3/c1-4-25(2,3)21-9-13-22(14-10-21)31-24-15-19(5-6-20(24)16-30)18-7-11-23(12-8-18)32-26(28,29)17-27/h5-16H,4,17H2,1-3H3. The van der Waals surface area contributed by atoms with Crippen LogP contribution in [-0.4, -0.2) is 19.1 Å². The first kappa shape index (κ1) is 23.4. The Hall–Kier alpha value is -3.28. The van der Waals surface area contributed by atoms with Crippen LogP contribution >= 0.6 is 0 Å². The van der Waals surface area contributed by atoms with Gasteiger partial charge >= 0.3 is 6.11 Å². The van der Waals surface area contributed by atoms with Gasteiger partial charge in [-0.25, -0.2) is 4.39 Å². The molecular formula is C26H25F3O3. The van der Waals surface area contributed by atoms with E-state index >= 15 is 0 Å². The summed E-state index contributed by atoms with van der Waals surface area (Å²) in [6, 6.07) is 18.6. The summed E-state index contributed by atoms with van der Waals surface area (Å²) in [5.41, 5.74) is 3.05. The molecule has 3 aromatic carbocycles. The van der Waals surface area contributed by atoms with Gasteiger partial charge < -0.3 is 9.47 Å². The van der Waals surface area contributed by atoms with Crippen molar-refractivity contribution in [3.05, 3.63) is 77.9 Å². The van der Waals surface area contributed by atoms with E-state index in [9.17, 15) is 18.0 Å². The zero-order chi connectivity index (χ0) is 23.4. The van der Waals surface area contributed by atoms with Crippen molar-refractivity contribution in [1.29, 1.82) is 0 Å². The molecule has 0 N–H and O–H groups in total. The molecule has 0 aliphatic carbocycles. The maximum Gasteiger partial charge on any atom is 0.427 e. The molecule has 0 amide bonds. The highest BCUT2D eigenvalue weighted by atomic mass is 19.3. The molecule has 0 bridgehead atoms. The summed E-state index contributed by atoms with van der Waals surface area (Å²) < 4.78 is 48.7. The van der Waals surface area contributed by atoms with Crippen LogP contribution in [0.5, 0.6) is 17.2 Å². The molecule has 0 saturated carbocycles. The molecule has 0 unspecified atom stereocenters. The molecule has 0 radical (unpaired) electrons. The molecule has 32 heavy (non-hydrogen) atoms. The monoisotopic (exact) mass is 442 g/mol. The lowest BCUT2D eigenvalue weighted by atomic mass is 9.82. The Morgan fingerprint density at radius 2 is 1.47 bits per heavy atom. The Bertz CT molecular complexity index is 1060. The molecular weight excluding hydrogens is 417 g/mol. The summed E-state index contributed by atoms with van der Waals surface area (Å²) in [6.07, 6.45) is -2.15. The molecule has 0 saturated heterocycles. The van der Waals surface area contributed by atoms with E-state index in [1.165, 1.54) is 17.7 Å². The van der Waals surface area contributed by atoms with Gasteiger partial charge in [0.15, 0.2) is 13.0 Å². The third kappa shape index (κ3) is 5.49. The number of ether oxygens (including phenoxy) is 2. The van der Waals surface area contributed by atoms with Crippen LogP contribution < -0.4 is 9.47 Å². The van der Waals surface area contributed by atoms with Crippen LogP contribution in [0.2, 0.25) is 0 Å². The average Bonchev–Trinajstić information content (AvgIpc) is 2.79. The van der Waals surface area contributed by atoms with E-state index in [2.05, 4.69) is 25.5 Å². The highest BCUT2D eigenvalue weighted by molar-refractivity contribution is 5.82. The second-order valence-electron chi connectivity index (χ2n) is 8.13. The first-order valence-corrected chi connectivity index (χ1v) is 10.3. The van der Waals surface area contributed by atoms with Gasteiger partial charge in [0.25, 0.3) is 0 Å². The van der Waals surface area contributed by atoms with Crippen molar-refractivity contribution in [3.63, 3.8) is 0 Å². The van der Waals surface area contributed by atoms with E-state index in [1.54, 1.807) is 30.3 Å². The maximum atomic E-state index is 13.1. The van der Waals surface area contributed by atoms with Crippen LogP contribution in [0.1, 0.15) is 43.1 Å². The zero-order valence-electron chi connectivity index (χ0n) is 18.2. The number of rotatable bonds is 9. The average molecular weight is 442 g/mol. The fourth-order valence-electron chi connectivity index (χ4n) is 3.12. The van der Waals surface area contributed by atoms with E-state index in [0.717, 1.165) is 12.0 Å². The number of carbonyl (C=O) groups is 1. The number of benzene rings is 3. The highest BCUT2D eigenvalue weighted by Gasteiger charge is 2.31. The Morgan fingerprint density at radius 1 is 0.875 bits per heavy atom. The molecule has 3 aromatic rings. The van der Waals surface area contributed by atoms with Crippen molar-refractivity contribution in [2.24, 2.45) is 0 Å². The number of hydrogen-bond acceptors (Lipinski definition) is 3. The van der Waals surface area contributed by atoms with E-state index in [1.807, 2.05) is 24.3 Å². The summed E-state index contributed by atoms with van der Waals surface area (Å²) in [5, 5.41) is 0. The summed E-state index contributed by atoms with van der Waals surface area (Å²) in [5.74, 6) is 0.829. The summed E-state index contributed by atoms with van der Waals surface area (Å²) in [6.45, 7) is 4.58. The van der Waals surface area contributed by atoms with Gasteiger partial charge in [-0.05, 0) is 64.9 Å². The molecule has 0 heterocycles. The molecule has 0 atom stereocenters. The van der Waals surface area contributed by atoms with Crippen molar-refractivity contribution in [1.82, 2.24) is 0 Å². The summed E-state index contributed by atoms with van der Waals surface area (Å²) >= 11 is 0. The number of aldehydes is 1. The van der Waals surface area contributed by atoms with Gasteiger partial charge in [-0.2, -0.15) is 8.78 Å². The fraction of sp³-hybridized carbons (Fsp3) is 0.269. The van der Waals surface area contributed by atoms with Gasteiger partial charge in [-0.1, -0.05) is 51.1 Å². The third-order valence-electron chi connectivity index (χ3n) is 5.50. The Kier molecular flexibility index (Phi) is 6.92. The molecule has 3 nitrogen and oxygen atoms in total. The van der Waals surface area contributed by atoms with Crippen LogP contribution in [0.25, 0.3) is 11.1 Å². The first-order chi connectivity index (χ1) is 15.2. The van der Waals surface area contributed by atoms with Gasteiger partial charge in [0, 0.05) is 0 Å². The number of halogens is 3. The van der Waals surface area contributed by atoms with Gasteiger partial charge in [0.1, 0.15) is 17.2 Å². The summed E-state index contributed by atoms with van der Waals surface area (Å²) in [7, 11) is 0. The van der Waals surface area contributed by atoms with Crippen molar-refractivity contribution in [3.8, 4) is 28.4 Å². The predicted molar refractivity (Wildman–Crippen MR) is 119 cm³/mol. The van der Waals surface area contributed by atoms with Crippen molar-refractivity contribution < 1.29 is 27.4 Å². The number of hydrogen-bond donors (Lipinski definition) is 0. The van der Waals surface area contributed by atoms with Crippen LogP contribution in [0.4, 0.5) is 13.2 Å². The SMILES string of the molecule is CCC(C)(C)c1ccc(Oc2cc(-c3ccc(OC(F)(F)CF)cc3)ccc2C=O)cc1. The van der Waals surface area contributed by atoms with Crippen LogP contribution in [0.3, 0.4) is 0 Å². The molecule has 168 valence electrons. The highest BCUT2D eigenvalue weighted by Crippen LogP contribution is 2.33. The molecule has 0 spiro atoms. The van der Waals surface area contributed by atoms with Crippen molar-refractivity contribution >= 4 is 6.29 Å². The second kappa shape index (κ2) is 9.47.